The zero-order valence-electron chi connectivity index (χ0n) is 10.3. The molecule has 0 saturated carbocycles. The highest BCUT2D eigenvalue weighted by Gasteiger charge is 2.23. The molecule has 0 aromatic heterocycles. The largest absolute Gasteiger partial charge is 0.394 e. The summed E-state index contributed by atoms with van der Waals surface area (Å²) < 4.78 is 0. The molecule has 3 heteroatoms. The summed E-state index contributed by atoms with van der Waals surface area (Å²) in [5.41, 5.74) is -0.176. The van der Waals surface area contributed by atoms with Gasteiger partial charge in [0.1, 0.15) is 0 Å². The van der Waals surface area contributed by atoms with Gasteiger partial charge in [-0.3, -0.25) is 0 Å². The lowest BCUT2D eigenvalue weighted by molar-refractivity contribution is 0.122. The molecule has 0 aliphatic heterocycles. The molecule has 86 valence electrons. The molecule has 0 fully saturated rings. The Balaban J connectivity index is 4.14. The van der Waals surface area contributed by atoms with Crippen molar-refractivity contribution in [1.29, 1.82) is 0 Å². The van der Waals surface area contributed by atoms with Crippen LogP contribution in [0.3, 0.4) is 0 Å². The van der Waals surface area contributed by atoms with Crippen LogP contribution in [-0.2, 0) is 0 Å². The summed E-state index contributed by atoms with van der Waals surface area (Å²) in [5, 5.41) is 12.4. The Labute approximate surface area is 88.5 Å². The lowest BCUT2D eigenvalue weighted by Crippen LogP contribution is -2.53. The number of nitrogens with one attached hydrogen (secondary N) is 1. The van der Waals surface area contributed by atoms with Gasteiger partial charge in [0.05, 0.1) is 12.1 Å². The minimum Gasteiger partial charge on any atom is -0.394 e. The first-order valence-corrected chi connectivity index (χ1v) is 5.49. The number of aliphatic hydroxyl groups excluding tert-OH is 1. The van der Waals surface area contributed by atoms with Gasteiger partial charge in [-0.05, 0) is 26.4 Å². The third-order valence-electron chi connectivity index (χ3n) is 2.60. The van der Waals surface area contributed by atoms with Crippen LogP contribution in [0.1, 0.15) is 27.7 Å². The van der Waals surface area contributed by atoms with E-state index in [1.165, 1.54) is 0 Å². The predicted octanol–water partition coefficient (Wildman–Crippen LogP) is 0.935. The first kappa shape index (κ1) is 13.9. The fourth-order valence-corrected chi connectivity index (χ4v) is 1.52. The van der Waals surface area contributed by atoms with Crippen LogP contribution >= 0.6 is 0 Å². The molecule has 0 heterocycles. The molecule has 2 N–H and O–H groups in total. The van der Waals surface area contributed by atoms with Gasteiger partial charge in [0, 0.05) is 13.1 Å². The Morgan fingerprint density at radius 2 is 2.00 bits per heavy atom. The molecule has 0 rings (SSSR count). The van der Waals surface area contributed by atoms with Crippen LogP contribution in [0.5, 0.6) is 0 Å². The van der Waals surface area contributed by atoms with E-state index < -0.39 is 0 Å². The van der Waals surface area contributed by atoms with E-state index in [4.69, 9.17) is 0 Å². The van der Waals surface area contributed by atoms with Gasteiger partial charge in [-0.15, -0.1) is 0 Å². The van der Waals surface area contributed by atoms with Crippen LogP contribution in [0.15, 0.2) is 0 Å². The Bertz CT molecular complexity index is 144. The monoisotopic (exact) mass is 202 g/mol. The van der Waals surface area contributed by atoms with Crippen molar-refractivity contribution in [3.05, 3.63) is 0 Å². The maximum atomic E-state index is 9.27. The van der Waals surface area contributed by atoms with Gasteiger partial charge in [-0.25, -0.2) is 0 Å². The van der Waals surface area contributed by atoms with Crippen LogP contribution in [-0.4, -0.2) is 48.8 Å². The summed E-state index contributed by atoms with van der Waals surface area (Å²) in [6, 6.07) is 0. The van der Waals surface area contributed by atoms with Crippen molar-refractivity contribution in [2.24, 2.45) is 5.92 Å². The maximum Gasteiger partial charge on any atom is 0.0623 e. The lowest BCUT2D eigenvalue weighted by Gasteiger charge is -2.34. The first-order valence-electron chi connectivity index (χ1n) is 5.49. The molecule has 0 saturated heterocycles. The van der Waals surface area contributed by atoms with E-state index in [-0.39, 0.29) is 12.1 Å². The van der Waals surface area contributed by atoms with Gasteiger partial charge >= 0.3 is 0 Å². The number of hydrogen-bond acceptors (Lipinski definition) is 3. The molecule has 14 heavy (non-hydrogen) atoms. The number of rotatable bonds is 7. The van der Waals surface area contributed by atoms with E-state index in [9.17, 15) is 5.11 Å². The maximum absolute atomic E-state index is 9.27. The van der Waals surface area contributed by atoms with Crippen LogP contribution in [0, 0.1) is 5.92 Å². The summed E-state index contributed by atoms with van der Waals surface area (Å²) in [4.78, 5) is 2.37. The zero-order chi connectivity index (χ0) is 11.2. The summed E-state index contributed by atoms with van der Waals surface area (Å²) >= 11 is 0. The minimum atomic E-state index is -0.176. The molecule has 0 aliphatic rings. The Morgan fingerprint density at radius 3 is 2.29 bits per heavy atom. The van der Waals surface area contributed by atoms with Gasteiger partial charge in [0.25, 0.3) is 0 Å². The van der Waals surface area contributed by atoms with E-state index in [1.807, 2.05) is 7.05 Å². The first-order chi connectivity index (χ1) is 6.47. The molecule has 1 unspecified atom stereocenters. The van der Waals surface area contributed by atoms with E-state index in [1.54, 1.807) is 0 Å². The van der Waals surface area contributed by atoms with Gasteiger partial charge in [0.2, 0.25) is 0 Å². The molecule has 1 atom stereocenters. The lowest BCUT2D eigenvalue weighted by atomic mass is 10.0. The van der Waals surface area contributed by atoms with Crippen molar-refractivity contribution >= 4 is 0 Å². The summed E-state index contributed by atoms with van der Waals surface area (Å²) in [5.74, 6) is 0.676. The smallest absolute Gasteiger partial charge is 0.0623 e. The third-order valence-corrected chi connectivity index (χ3v) is 2.60. The fraction of sp³-hybridized carbons (Fsp3) is 1.00. The van der Waals surface area contributed by atoms with Crippen molar-refractivity contribution in [3.63, 3.8) is 0 Å². The standard InChI is InChI=1S/C11H26N2O/c1-6-13(7-10(2)3)8-11(4,9-14)12-5/h10,12,14H,6-9H2,1-5H3. The Hall–Kier alpha value is -0.120. The predicted molar refractivity (Wildman–Crippen MR) is 61.5 cm³/mol. The third kappa shape index (κ3) is 4.94. The van der Waals surface area contributed by atoms with Crippen LogP contribution in [0.4, 0.5) is 0 Å². The van der Waals surface area contributed by atoms with Crippen LogP contribution in [0.25, 0.3) is 0 Å². The van der Waals surface area contributed by atoms with E-state index in [0.29, 0.717) is 5.92 Å². The van der Waals surface area contributed by atoms with Crippen molar-refractivity contribution in [2.75, 3.05) is 33.3 Å². The van der Waals surface area contributed by atoms with Crippen molar-refractivity contribution in [1.82, 2.24) is 10.2 Å². The average Bonchev–Trinajstić information content (AvgIpc) is 2.16. The van der Waals surface area contributed by atoms with Gasteiger partial charge < -0.3 is 15.3 Å². The number of likely N-dealkylation sites (N-methyl/N-ethyl adjacent to an activating group) is 2. The highest BCUT2D eigenvalue weighted by molar-refractivity contribution is 4.84. The van der Waals surface area contributed by atoms with E-state index >= 15 is 0 Å². The molecule has 0 spiro atoms. The second-order valence-corrected chi connectivity index (χ2v) is 4.69. The Kier molecular flexibility index (Phi) is 6.33. The van der Waals surface area contributed by atoms with E-state index in [0.717, 1.165) is 19.6 Å². The molecule has 3 nitrogen and oxygen atoms in total. The van der Waals surface area contributed by atoms with Crippen LogP contribution in [0.2, 0.25) is 0 Å². The highest BCUT2D eigenvalue weighted by Crippen LogP contribution is 2.07. The molecular weight excluding hydrogens is 176 g/mol. The van der Waals surface area contributed by atoms with Crippen molar-refractivity contribution in [3.8, 4) is 0 Å². The second kappa shape index (κ2) is 6.38. The molecule has 0 bridgehead atoms. The summed E-state index contributed by atoms with van der Waals surface area (Å²) in [7, 11) is 1.90. The second-order valence-electron chi connectivity index (χ2n) is 4.69. The molecule has 0 aliphatic carbocycles. The number of nitrogens with zero attached hydrogens (tertiary/aromatic N) is 1. The highest BCUT2D eigenvalue weighted by atomic mass is 16.3. The molecule has 0 aromatic rings. The normalized spacial score (nSPS) is 16.3. The zero-order valence-corrected chi connectivity index (χ0v) is 10.3. The molecule has 0 radical (unpaired) electrons. The SMILES string of the molecule is CCN(CC(C)C)CC(C)(CO)NC. The molecular formula is C11H26N2O. The summed E-state index contributed by atoms with van der Waals surface area (Å²) in [6.45, 7) is 11.9. The van der Waals surface area contributed by atoms with Crippen molar-refractivity contribution < 1.29 is 5.11 Å². The van der Waals surface area contributed by atoms with Crippen molar-refractivity contribution in [2.45, 2.75) is 33.2 Å². The quantitative estimate of drug-likeness (QED) is 0.645. The average molecular weight is 202 g/mol. The van der Waals surface area contributed by atoms with Gasteiger partial charge in [-0.1, -0.05) is 20.8 Å². The fourth-order valence-electron chi connectivity index (χ4n) is 1.52. The topological polar surface area (TPSA) is 35.5 Å². The number of aliphatic hydroxyl groups is 1. The van der Waals surface area contributed by atoms with Gasteiger partial charge in [-0.2, -0.15) is 0 Å². The molecule has 0 amide bonds. The number of hydrogen-bond donors (Lipinski definition) is 2. The summed E-state index contributed by atoms with van der Waals surface area (Å²) in [6.07, 6.45) is 0. The van der Waals surface area contributed by atoms with E-state index in [2.05, 4.69) is 37.9 Å². The Morgan fingerprint density at radius 1 is 1.43 bits per heavy atom. The minimum absolute atomic E-state index is 0.176. The van der Waals surface area contributed by atoms with Crippen LogP contribution < -0.4 is 5.32 Å². The van der Waals surface area contributed by atoms with Gasteiger partial charge in [0.15, 0.2) is 0 Å². The molecule has 0 aromatic carbocycles.